The molecule has 0 aromatic carbocycles. The highest BCUT2D eigenvalue weighted by molar-refractivity contribution is 7.92. The van der Waals surface area contributed by atoms with Crippen molar-refractivity contribution < 1.29 is 21.4 Å². The quantitative estimate of drug-likeness (QED) is 0.677. The molecule has 0 bridgehead atoms. The summed E-state index contributed by atoms with van der Waals surface area (Å²) in [5, 5.41) is 3.52. The number of hydrogen-bond acceptors (Lipinski definition) is 3. The van der Waals surface area contributed by atoms with Crippen molar-refractivity contribution in [3.8, 4) is 0 Å². The van der Waals surface area contributed by atoms with Gasteiger partial charge in [0.15, 0.2) is 9.84 Å². The van der Waals surface area contributed by atoms with Crippen LogP contribution in [0.3, 0.4) is 0 Å². The van der Waals surface area contributed by atoms with Gasteiger partial charge in [0.25, 0.3) is 0 Å². The van der Waals surface area contributed by atoms with Crippen LogP contribution in [-0.2, 0) is 9.84 Å². The smallest absolute Gasteiger partial charge is 0.445 e. The Labute approximate surface area is 84.1 Å². The fraction of sp³-hybridized carbons (Fsp3) is 0.500. The number of nitrogens with zero attached hydrogens (tertiary/aromatic N) is 2. The molecule has 4 nitrogen and oxygen atoms in total. The van der Waals surface area contributed by atoms with Crippen LogP contribution in [0.4, 0.5) is 12.9 Å². The summed E-state index contributed by atoms with van der Waals surface area (Å²) in [6, 6.07) is -0.443. The van der Waals surface area contributed by atoms with E-state index >= 15 is 0 Å². The molecule has 1 saturated heterocycles. The van der Waals surface area contributed by atoms with Gasteiger partial charge in [-0.3, -0.25) is 4.68 Å². The van der Waals surface area contributed by atoms with Crippen molar-refractivity contribution in [2.75, 3.05) is 11.5 Å². The van der Waals surface area contributed by atoms with Gasteiger partial charge in [0.1, 0.15) is 0 Å². The van der Waals surface area contributed by atoms with Crippen LogP contribution in [0, 0.1) is 0 Å². The van der Waals surface area contributed by atoms with Gasteiger partial charge in [0, 0.05) is 6.20 Å². The molecular formula is C6H7BF3N2O2S-. The minimum absolute atomic E-state index is 0.126. The third-order valence-corrected chi connectivity index (χ3v) is 4.05. The summed E-state index contributed by atoms with van der Waals surface area (Å²) < 4.78 is 59.4. The molecule has 1 aliphatic heterocycles. The fourth-order valence-electron chi connectivity index (χ4n) is 1.41. The maximum Gasteiger partial charge on any atom is 0.512 e. The van der Waals surface area contributed by atoms with Gasteiger partial charge in [-0.1, -0.05) is 5.46 Å². The first kappa shape index (κ1) is 10.5. The highest BCUT2D eigenvalue weighted by Gasteiger charge is 2.36. The molecule has 1 aliphatic rings. The van der Waals surface area contributed by atoms with Gasteiger partial charge in [-0.2, -0.15) is 5.10 Å². The summed E-state index contributed by atoms with van der Waals surface area (Å²) in [7, 11) is -3.04. The summed E-state index contributed by atoms with van der Waals surface area (Å²) >= 11 is 0. The molecule has 1 aromatic heterocycles. The van der Waals surface area contributed by atoms with Crippen LogP contribution in [0.1, 0.15) is 6.04 Å². The van der Waals surface area contributed by atoms with Crippen LogP contribution < -0.4 is 5.46 Å². The van der Waals surface area contributed by atoms with Gasteiger partial charge >= 0.3 is 6.98 Å². The molecule has 2 heterocycles. The van der Waals surface area contributed by atoms with Gasteiger partial charge in [0.2, 0.25) is 0 Å². The van der Waals surface area contributed by atoms with Crippen molar-refractivity contribution in [1.29, 1.82) is 0 Å². The molecule has 9 heteroatoms. The van der Waals surface area contributed by atoms with E-state index < -0.39 is 28.3 Å². The summed E-state index contributed by atoms with van der Waals surface area (Å²) in [4.78, 5) is 0. The van der Waals surface area contributed by atoms with E-state index in [0.717, 1.165) is 17.1 Å². The molecule has 1 aromatic rings. The highest BCUT2D eigenvalue weighted by atomic mass is 32.2. The first-order valence-corrected chi connectivity index (χ1v) is 6.04. The van der Waals surface area contributed by atoms with Crippen LogP contribution in [0.25, 0.3) is 0 Å². The first-order valence-electron chi connectivity index (χ1n) is 4.22. The molecule has 0 saturated carbocycles. The molecule has 0 amide bonds. The van der Waals surface area contributed by atoms with E-state index in [9.17, 15) is 21.4 Å². The minimum Gasteiger partial charge on any atom is -0.445 e. The molecular weight excluding hydrogens is 232 g/mol. The Balaban J connectivity index is 2.16. The Bertz CT molecular complexity index is 469. The molecule has 0 unspecified atom stereocenters. The Kier molecular flexibility index (Phi) is 2.11. The zero-order valence-corrected chi connectivity index (χ0v) is 8.29. The molecule has 0 spiro atoms. The van der Waals surface area contributed by atoms with Crippen molar-refractivity contribution in [3.05, 3.63) is 12.4 Å². The Morgan fingerprint density at radius 2 is 2.00 bits per heavy atom. The van der Waals surface area contributed by atoms with Crippen LogP contribution in [0.15, 0.2) is 12.4 Å². The Hall–Kier alpha value is -0.985. The third kappa shape index (κ3) is 2.01. The Morgan fingerprint density at radius 1 is 1.40 bits per heavy atom. The van der Waals surface area contributed by atoms with Gasteiger partial charge in [-0.15, -0.1) is 0 Å². The lowest BCUT2D eigenvalue weighted by atomic mass is 9.83. The van der Waals surface area contributed by atoms with Gasteiger partial charge in [-0.05, 0) is 6.20 Å². The second kappa shape index (κ2) is 3.00. The van der Waals surface area contributed by atoms with Crippen molar-refractivity contribution in [2.45, 2.75) is 6.04 Å². The lowest BCUT2D eigenvalue weighted by Gasteiger charge is -2.26. The van der Waals surface area contributed by atoms with E-state index in [1.54, 1.807) is 0 Å². The molecule has 0 atom stereocenters. The lowest BCUT2D eigenvalue weighted by molar-refractivity contribution is 0.473. The van der Waals surface area contributed by atoms with Crippen LogP contribution in [0.2, 0.25) is 0 Å². The van der Waals surface area contributed by atoms with Crippen molar-refractivity contribution >= 4 is 22.3 Å². The topological polar surface area (TPSA) is 52.0 Å². The Morgan fingerprint density at radius 3 is 2.40 bits per heavy atom. The van der Waals surface area contributed by atoms with Gasteiger partial charge in [0.05, 0.1) is 17.5 Å². The third-order valence-electron chi connectivity index (χ3n) is 2.27. The number of hydrogen-bond donors (Lipinski definition) is 0. The monoisotopic (exact) mass is 239 g/mol. The van der Waals surface area contributed by atoms with Crippen LogP contribution >= 0.6 is 0 Å². The molecule has 1 fully saturated rings. The largest absolute Gasteiger partial charge is 0.512 e. The molecule has 0 radical (unpaired) electrons. The molecule has 2 rings (SSSR count). The maximum absolute atomic E-state index is 12.2. The van der Waals surface area contributed by atoms with Crippen molar-refractivity contribution in [1.82, 2.24) is 9.78 Å². The minimum atomic E-state index is -5.05. The standard InChI is InChI=1S/C6H7BF3N2O2S/c8-7(9,10)5-1-11-12(2-5)6-3-15(13,14)4-6/h1-2,6H,3-4H2/q-1. The zero-order chi connectivity index (χ0) is 11.3. The summed E-state index contributed by atoms with van der Waals surface area (Å²) in [6.07, 6.45) is 1.59. The van der Waals surface area contributed by atoms with E-state index in [-0.39, 0.29) is 11.5 Å². The van der Waals surface area contributed by atoms with Gasteiger partial charge < -0.3 is 12.9 Å². The normalized spacial score (nSPS) is 21.3. The number of sulfone groups is 1. The lowest BCUT2D eigenvalue weighted by Crippen LogP contribution is -2.39. The predicted molar refractivity (Wildman–Crippen MR) is 48.6 cm³/mol. The molecule has 0 aliphatic carbocycles. The maximum atomic E-state index is 12.2. The first-order chi connectivity index (χ1) is 6.78. The average Bonchev–Trinajstić information content (AvgIpc) is 2.45. The van der Waals surface area contributed by atoms with Crippen LogP contribution in [-0.4, -0.2) is 36.7 Å². The van der Waals surface area contributed by atoms with E-state index in [1.165, 1.54) is 0 Å². The second-order valence-corrected chi connectivity index (χ2v) is 5.71. The highest BCUT2D eigenvalue weighted by Crippen LogP contribution is 2.22. The average molecular weight is 239 g/mol. The van der Waals surface area contributed by atoms with E-state index in [1.807, 2.05) is 0 Å². The SMILES string of the molecule is O=S1(=O)CC(n2cc([B-](F)(F)F)cn2)C1. The van der Waals surface area contributed by atoms with Crippen molar-refractivity contribution in [2.24, 2.45) is 0 Å². The summed E-state index contributed by atoms with van der Waals surface area (Å²) in [5.74, 6) is -0.252. The van der Waals surface area contributed by atoms with Crippen LogP contribution in [0.5, 0.6) is 0 Å². The summed E-state index contributed by atoms with van der Waals surface area (Å²) in [5.41, 5.74) is -0.792. The molecule has 0 N–H and O–H groups in total. The predicted octanol–water partition coefficient (Wildman–Crippen LogP) is -0.0930. The molecule has 15 heavy (non-hydrogen) atoms. The summed E-state index contributed by atoms with van der Waals surface area (Å²) in [6.45, 7) is -5.05. The number of halogens is 3. The number of rotatable bonds is 2. The van der Waals surface area contributed by atoms with E-state index in [0.29, 0.717) is 0 Å². The van der Waals surface area contributed by atoms with E-state index in [4.69, 9.17) is 0 Å². The molecule has 84 valence electrons. The second-order valence-electron chi connectivity index (χ2n) is 3.56. The van der Waals surface area contributed by atoms with Gasteiger partial charge in [-0.25, -0.2) is 8.42 Å². The fourth-order valence-corrected chi connectivity index (χ4v) is 2.79. The zero-order valence-electron chi connectivity index (χ0n) is 7.48. The van der Waals surface area contributed by atoms with Crippen molar-refractivity contribution in [3.63, 3.8) is 0 Å². The number of aromatic nitrogens is 2. The van der Waals surface area contributed by atoms with E-state index in [2.05, 4.69) is 5.10 Å².